The summed E-state index contributed by atoms with van der Waals surface area (Å²) in [5, 5.41) is 9.61. The van der Waals surface area contributed by atoms with Crippen LogP contribution in [0.4, 0.5) is 17.1 Å². The van der Waals surface area contributed by atoms with E-state index in [1.807, 2.05) is 0 Å². The van der Waals surface area contributed by atoms with Crippen LogP contribution in [0.15, 0.2) is 241 Å². The molecule has 0 atom stereocenters. The Balaban J connectivity index is 0.981. The standard InChI is InChI=1S/C60H39NO/c1-2-15-47-39-59-56(38-46(47)14-1)60-55(23-11-25-58(60)62-59)54-20-7-8-24-57(54)61(49-36-32-45(33-37-49)53-22-10-17-43-13-4-6-19-51(43)53)48-34-30-41(31-35-48)40-26-28-44(29-27-40)52-21-9-16-42-12-3-5-18-50(42)52/h1-39H. The number of fused-ring (bicyclic) bond motifs is 6. The van der Waals surface area contributed by atoms with Crippen molar-refractivity contribution in [2.75, 3.05) is 4.90 Å². The number of rotatable bonds is 7. The SMILES string of the molecule is c1ccc(N(c2ccc(-c3ccc(-c4cccc5ccccc45)cc3)cc2)c2ccc(-c3cccc4ccccc34)cc2)c(-c2cccc3oc4cc5ccccc5cc4c23)c1. The molecule has 12 aromatic rings. The van der Waals surface area contributed by atoms with Crippen LogP contribution in [-0.4, -0.2) is 0 Å². The van der Waals surface area contributed by atoms with Gasteiger partial charge in [0.05, 0.1) is 5.69 Å². The van der Waals surface area contributed by atoms with Gasteiger partial charge < -0.3 is 9.32 Å². The Morgan fingerprint density at radius 1 is 0.274 bits per heavy atom. The number of hydrogen-bond donors (Lipinski definition) is 0. The van der Waals surface area contributed by atoms with Crippen molar-refractivity contribution in [3.63, 3.8) is 0 Å². The Morgan fingerprint density at radius 3 is 1.34 bits per heavy atom. The number of furan rings is 1. The topological polar surface area (TPSA) is 16.4 Å². The van der Waals surface area contributed by atoms with Gasteiger partial charge in [0, 0.05) is 27.7 Å². The van der Waals surface area contributed by atoms with Crippen molar-refractivity contribution < 1.29 is 4.42 Å². The highest BCUT2D eigenvalue weighted by atomic mass is 16.3. The number of anilines is 3. The maximum Gasteiger partial charge on any atom is 0.136 e. The average Bonchev–Trinajstić information content (AvgIpc) is 3.71. The van der Waals surface area contributed by atoms with Crippen molar-refractivity contribution in [1.29, 1.82) is 0 Å². The molecule has 0 aliphatic rings. The van der Waals surface area contributed by atoms with E-state index in [2.05, 4.69) is 241 Å². The molecule has 0 spiro atoms. The van der Waals surface area contributed by atoms with E-state index in [1.165, 1.54) is 65.7 Å². The van der Waals surface area contributed by atoms with Gasteiger partial charge in [-0.05, 0) is 120 Å². The first-order chi connectivity index (χ1) is 30.7. The molecule has 2 heteroatoms. The van der Waals surface area contributed by atoms with Crippen molar-refractivity contribution in [3.8, 4) is 44.5 Å². The molecule has 1 aromatic heterocycles. The largest absolute Gasteiger partial charge is 0.456 e. The van der Waals surface area contributed by atoms with Crippen molar-refractivity contribution in [2.45, 2.75) is 0 Å². The van der Waals surface area contributed by atoms with Gasteiger partial charge in [-0.3, -0.25) is 0 Å². The zero-order valence-electron chi connectivity index (χ0n) is 33.9. The lowest BCUT2D eigenvalue weighted by Gasteiger charge is -2.28. The maximum absolute atomic E-state index is 6.57. The van der Waals surface area contributed by atoms with E-state index in [9.17, 15) is 0 Å². The highest BCUT2D eigenvalue weighted by molar-refractivity contribution is 6.16. The second-order valence-electron chi connectivity index (χ2n) is 16.1. The molecule has 0 amide bonds. The van der Waals surface area contributed by atoms with Crippen LogP contribution in [0.3, 0.4) is 0 Å². The number of hydrogen-bond acceptors (Lipinski definition) is 2. The van der Waals surface area contributed by atoms with Gasteiger partial charge in [0.2, 0.25) is 0 Å². The zero-order chi connectivity index (χ0) is 41.0. The normalized spacial score (nSPS) is 11.5. The Labute approximate surface area is 360 Å². The molecule has 1 heterocycles. The van der Waals surface area contributed by atoms with Crippen LogP contribution in [-0.2, 0) is 0 Å². The summed E-state index contributed by atoms with van der Waals surface area (Å²) in [4.78, 5) is 2.39. The van der Waals surface area contributed by atoms with Crippen molar-refractivity contribution >= 4 is 71.3 Å². The lowest BCUT2D eigenvalue weighted by atomic mass is 9.95. The van der Waals surface area contributed by atoms with Gasteiger partial charge in [0.25, 0.3) is 0 Å². The minimum atomic E-state index is 0.879. The molecule has 0 N–H and O–H groups in total. The minimum absolute atomic E-state index is 0.879. The first-order valence-corrected chi connectivity index (χ1v) is 21.2. The monoisotopic (exact) mass is 789 g/mol. The van der Waals surface area contributed by atoms with E-state index in [4.69, 9.17) is 4.42 Å². The summed E-state index contributed by atoms with van der Waals surface area (Å²) in [5.74, 6) is 0. The second kappa shape index (κ2) is 14.8. The molecule has 290 valence electrons. The fraction of sp³-hybridized carbons (Fsp3) is 0. The molecule has 0 saturated carbocycles. The minimum Gasteiger partial charge on any atom is -0.456 e. The predicted molar refractivity (Wildman–Crippen MR) is 263 cm³/mol. The first-order valence-electron chi connectivity index (χ1n) is 21.2. The summed E-state index contributed by atoms with van der Waals surface area (Å²) in [6.07, 6.45) is 0. The molecule has 2 nitrogen and oxygen atoms in total. The fourth-order valence-electron chi connectivity index (χ4n) is 9.45. The summed E-state index contributed by atoms with van der Waals surface area (Å²) >= 11 is 0. The number of para-hydroxylation sites is 1. The van der Waals surface area contributed by atoms with Crippen LogP contribution in [0.25, 0.3) is 98.8 Å². The lowest BCUT2D eigenvalue weighted by molar-refractivity contribution is 0.669. The van der Waals surface area contributed by atoms with Gasteiger partial charge in [-0.15, -0.1) is 0 Å². The molecule has 0 aliphatic heterocycles. The van der Waals surface area contributed by atoms with E-state index in [-0.39, 0.29) is 0 Å². The third-order valence-corrected chi connectivity index (χ3v) is 12.5. The molecule has 0 unspecified atom stereocenters. The fourth-order valence-corrected chi connectivity index (χ4v) is 9.45. The van der Waals surface area contributed by atoms with E-state index >= 15 is 0 Å². The van der Waals surface area contributed by atoms with Gasteiger partial charge in [-0.25, -0.2) is 0 Å². The molecular weight excluding hydrogens is 751 g/mol. The van der Waals surface area contributed by atoms with Crippen LogP contribution in [0.5, 0.6) is 0 Å². The maximum atomic E-state index is 6.57. The van der Waals surface area contributed by atoms with Crippen LogP contribution in [0.1, 0.15) is 0 Å². The Kier molecular flexibility index (Phi) is 8.53. The summed E-state index contributed by atoms with van der Waals surface area (Å²) < 4.78 is 6.57. The predicted octanol–water partition coefficient (Wildman–Crippen LogP) is 17.2. The Bertz CT molecular complexity index is 3610. The highest BCUT2D eigenvalue weighted by Gasteiger charge is 2.21. The summed E-state index contributed by atoms with van der Waals surface area (Å²) in [6, 6.07) is 85.5. The average molecular weight is 790 g/mol. The van der Waals surface area contributed by atoms with Gasteiger partial charge >= 0.3 is 0 Å². The smallest absolute Gasteiger partial charge is 0.136 e. The zero-order valence-corrected chi connectivity index (χ0v) is 33.9. The van der Waals surface area contributed by atoms with E-state index < -0.39 is 0 Å². The molecule has 62 heavy (non-hydrogen) atoms. The second-order valence-corrected chi connectivity index (χ2v) is 16.1. The summed E-state index contributed by atoms with van der Waals surface area (Å²) in [5.41, 5.74) is 14.5. The molecule has 11 aromatic carbocycles. The van der Waals surface area contributed by atoms with Crippen LogP contribution < -0.4 is 4.90 Å². The van der Waals surface area contributed by atoms with Gasteiger partial charge in [0.1, 0.15) is 11.2 Å². The van der Waals surface area contributed by atoms with Gasteiger partial charge in [0.15, 0.2) is 0 Å². The van der Waals surface area contributed by atoms with E-state index in [1.54, 1.807) is 0 Å². The highest BCUT2D eigenvalue weighted by Crippen LogP contribution is 2.46. The first kappa shape index (κ1) is 35.7. The van der Waals surface area contributed by atoms with Crippen LogP contribution in [0, 0.1) is 0 Å². The lowest BCUT2D eigenvalue weighted by Crippen LogP contribution is -2.11. The van der Waals surface area contributed by atoms with Crippen LogP contribution >= 0.6 is 0 Å². The quantitative estimate of drug-likeness (QED) is 0.160. The van der Waals surface area contributed by atoms with Crippen molar-refractivity contribution in [3.05, 3.63) is 237 Å². The van der Waals surface area contributed by atoms with Gasteiger partial charge in [-0.2, -0.15) is 0 Å². The molecular formula is C60H39NO. The molecule has 0 aliphatic carbocycles. The van der Waals surface area contributed by atoms with E-state index in [0.717, 1.165) is 50.1 Å². The molecule has 0 bridgehead atoms. The van der Waals surface area contributed by atoms with Crippen molar-refractivity contribution in [2.24, 2.45) is 0 Å². The third-order valence-electron chi connectivity index (χ3n) is 12.5. The molecule has 0 saturated heterocycles. The Morgan fingerprint density at radius 2 is 0.710 bits per heavy atom. The number of benzene rings is 11. The number of nitrogens with zero attached hydrogens (tertiary/aromatic N) is 1. The van der Waals surface area contributed by atoms with Gasteiger partial charge in [-0.1, -0.05) is 188 Å². The Hall–Kier alpha value is -8.20. The third kappa shape index (κ3) is 6.12. The molecule has 0 radical (unpaired) electrons. The van der Waals surface area contributed by atoms with Crippen molar-refractivity contribution in [1.82, 2.24) is 0 Å². The molecule has 12 rings (SSSR count). The molecule has 0 fully saturated rings. The summed E-state index contributed by atoms with van der Waals surface area (Å²) in [6.45, 7) is 0. The van der Waals surface area contributed by atoms with E-state index in [0.29, 0.717) is 0 Å². The summed E-state index contributed by atoms with van der Waals surface area (Å²) in [7, 11) is 0. The van der Waals surface area contributed by atoms with Crippen LogP contribution in [0.2, 0.25) is 0 Å².